The van der Waals surface area contributed by atoms with Crippen LogP contribution in [-0.4, -0.2) is 11.7 Å². The Hall–Kier alpha value is -2.59. The van der Waals surface area contributed by atoms with Crippen LogP contribution in [0.1, 0.15) is 24.8 Å². The molecule has 1 amide bonds. The van der Waals surface area contributed by atoms with Crippen molar-refractivity contribution in [3.05, 3.63) is 51.0 Å². The summed E-state index contributed by atoms with van der Waals surface area (Å²) in [5.74, 6) is -0.347. The third-order valence-corrected chi connectivity index (χ3v) is 5.17. The second-order valence-electron chi connectivity index (χ2n) is 5.92. The highest BCUT2D eigenvalue weighted by atomic mass is 79.9. The molecular formula is C17H12BrN3O3. The van der Waals surface area contributed by atoms with Gasteiger partial charge >= 0.3 is 0 Å². The number of anilines is 1. The predicted octanol–water partition coefficient (Wildman–Crippen LogP) is 2.37. The number of nitrogens with one attached hydrogen (secondary N) is 1. The van der Waals surface area contributed by atoms with Gasteiger partial charge in [0.2, 0.25) is 11.8 Å². The van der Waals surface area contributed by atoms with Gasteiger partial charge in [-0.25, -0.2) is 0 Å². The fourth-order valence-corrected chi connectivity index (χ4v) is 4.10. The molecule has 4 rings (SSSR count). The highest BCUT2D eigenvalue weighted by Crippen LogP contribution is 2.54. The Labute approximate surface area is 146 Å². The number of rotatable bonds is 0. The van der Waals surface area contributed by atoms with Crippen LogP contribution in [0.2, 0.25) is 0 Å². The van der Waals surface area contributed by atoms with E-state index in [-0.39, 0.29) is 22.8 Å². The number of fused-ring (bicyclic) bond motifs is 3. The topological polar surface area (TPSA) is 105 Å². The smallest absolute Gasteiger partial charge is 0.245 e. The van der Waals surface area contributed by atoms with Gasteiger partial charge in [0.05, 0.1) is 5.57 Å². The first kappa shape index (κ1) is 15.0. The highest BCUT2D eigenvalue weighted by Gasteiger charge is 2.59. The van der Waals surface area contributed by atoms with Gasteiger partial charge in [0.25, 0.3) is 0 Å². The molecule has 3 N–H and O–H groups in total. The maximum atomic E-state index is 13.0. The van der Waals surface area contributed by atoms with Gasteiger partial charge in [0.1, 0.15) is 22.8 Å². The molecule has 0 saturated heterocycles. The van der Waals surface area contributed by atoms with Crippen LogP contribution in [-0.2, 0) is 19.7 Å². The summed E-state index contributed by atoms with van der Waals surface area (Å²) < 4.78 is 6.29. The van der Waals surface area contributed by atoms with Crippen molar-refractivity contribution in [2.24, 2.45) is 5.73 Å². The van der Waals surface area contributed by atoms with E-state index in [1.54, 1.807) is 18.2 Å². The number of ether oxygens (including phenoxy) is 1. The summed E-state index contributed by atoms with van der Waals surface area (Å²) in [5, 5.41) is 12.5. The summed E-state index contributed by atoms with van der Waals surface area (Å²) in [6, 6.07) is 7.27. The average Bonchev–Trinajstić information content (AvgIpc) is 2.81. The first-order chi connectivity index (χ1) is 11.5. The molecule has 120 valence electrons. The van der Waals surface area contributed by atoms with Crippen LogP contribution >= 0.6 is 15.9 Å². The molecule has 1 atom stereocenters. The van der Waals surface area contributed by atoms with E-state index < -0.39 is 11.3 Å². The summed E-state index contributed by atoms with van der Waals surface area (Å²) in [6.45, 7) is 0. The molecule has 2 heterocycles. The molecule has 1 unspecified atom stereocenters. The van der Waals surface area contributed by atoms with Crippen molar-refractivity contribution in [1.82, 2.24) is 0 Å². The van der Waals surface area contributed by atoms with Gasteiger partial charge < -0.3 is 15.8 Å². The van der Waals surface area contributed by atoms with Crippen LogP contribution < -0.4 is 11.1 Å². The molecule has 0 bridgehead atoms. The largest absolute Gasteiger partial charge is 0.444 e. The number of carbonyl (C=O) groups is 2. The van der Waals surface area contributed by atoms with Gasteiger partial charge in [-0.3, -0.25) is 9.59 Å². The lowest BCUT2D eigenvalue weighted by atomic mass is 9.65. The van der Waals surface area contributed by atoms with Crippen molar-refractivity contribution in [2.75, 3.05) is 5.32 Å². The lowest BCUT2D eigenvalue weighted by Gasteiger charge is -2.37. The van der Waals surface area contributed by atoms with Crippen LogP contribution in [0.3, 0.4) is 0 Å². The molecule has 1 spiro atoms. The zero-order chi connectivity index (χ0) is 17.1. The van der Waals surface area contributed by atoms with Gasteiger partial charge in [0, 0.05) is 28.6 Å². The van der Waals surface area contributed by atoms with Crippen LogP contribution in [0.25, 0.3) is 0 Å². The molecule has 0 radical (unpaired) electrons. The van der Waals surface area contributed by atoms with Gasteiger partial charge in [-0.05, 0) is 24.6 Å². The maximum absolute atomic E-state index is 13.0. The van der Waals surface area contributed by atoms with Crippen LogP contribution in [0.5, 0.6) is 0 Å². The number of hydrogen-bond acceptors (Lipinski definition) is 5. The predicted molar refractivity (Wildman–Crippen MR) is 88.2 cm³/mol. The van der Waals surface area contributed by atoms with Crippen LogP contribution in [0.15, 0.2) is 45.5 Å². The summed E-state index contributed by atoms with van der Waals surface area (Å²) in [5.41, 5.74) is 5.75. The monoisotopic (exact) mass is 385 g/mol. The lowest BCUT2D eigenvalue weighted by Crippen LogP contribution is -2.46. The Morgan fingerprint density at radius 1 is 1.33 bits per heavy atom. The van der Waals surface area contributed by atoms with Crippen molar-refractivity contribution in [3.63, 3.8) is 0 Å². The Balaban J connectivity index is 2.13. The zero-order valence-corrected chi connectivity index (χ0v) is 14.1. The number of carbonyl (C=O) groups excluding carboxylic acids is 2. The average molecular weight is 386 g/mol. The molecule has 1 aromatic rings. The number of nitrogens with two attached hydrogens (primary N) is 1. The quantitative estimate of drug-likeness (QED) is 0.712. The number of halogens is 1. The first-order valence-electron chi connectivity index (χ1n) is 7.46. The van der Waals surface area contributed by atoms with Gasteiger partial charge in [-0.1, -0.05) is 15.9 Å². The number of ketones is 1. The van der Waals surface area contributed by atoms with Crippen molar-refractivity contribution in [1.29, 1.82) is 5.26 Å². The Bertz CT molecular complexity index is 925. The van der Waals surface area contributed by atoms with Crippen molar-refractivity contribution in [2.45, 2.75) is 24.7 Å². The highest BCUT2D eigenvalue weighted by molar-refractivity contribution is 9.10. The minimum Gasteiger partial charge on any atom is -0.444 e. The molecule has 3 aliphatic rings. The molecule has 6 nitrogen and oxygen atoms in total. The number of Topliss-reactive ketones (excluding diaryl/α,β-unsaturated/α-hetero) is 1. The number of hydrogen-bond donors (Lipinski definition) is 2. The van der Waals surface area contributed by atoms with Crippen molar-refractivity contribution < 1.29 is 14.3 Å². The van der Waals surface area contributed by atoms with E-state index in [1.807, 2.05) is 6.07 Å². The molecule has 2 aliphatic heterocycles. The summed E-state index contributed by atoms with van der Waals surface area (Å²) >= 11 is 3.39. The minimum absolute atomic E-state index is 0.0362. The fourth-order valence-electron chi connectivity index (χ4n) is 3.74. The normalized spacial score (nSPS) is 25.2. The van der Waals surface area contributed by atoms with Crippen molar-refractivity contribution >= 4 is 33.3 Å². The molecule has 1 aliphatic carbocycles. The van der Waals surface area contributed by atoms with Gasteiger partial charge in [-0.2, -0.15) is 5.26 Å². The number of benzene rings is 1. The van der Waals surface area contributed by atoms with E-state index in [2.05, 4.69) is 21.2 Å². The third-order valence-electron chi connectivity index (χ3n) is 4.68. The van der Waals surface area contributed by atoms with E-state index in [1.165, 1.54) is 0 Å². The summed E-state index contributed by atoms with van der Waals surface area (Å²) in [7, 11) is 0. The zero-order valence-electron chi connectivity index (χ0n) is 12.5. The standard InChI is InChI=1S/C17H12BrN3O3/c18-8-4-5-11-9(6-8)17(16(23)21-11)10(7-19)15(20)24-13-3-1-2-12(22)14(13)17/h4-6H,1-3,20H2,(H,21,23). The minimum atomic E-state index is -1.52. The van der Waals surface area contributed by atoms with E-state index >= 15 is 0 Å². The number of nitrogens with zero attached hydrogens (tertiary/aromatic N) is 1. The molecule has 0 saturated carbocycles. The number of nitriles is 1. The van der Waals surface area contributed by atoms with E-state index in [0.29, 0.717) is 36.3 Å². The number of amides is 1. The Morgan fingerprint density at radius 3 is 2.88 bits per heavy atom. The maximum Gasteiger partial charge on any atom is 0.245 e. The molecule has 0 fully saturated rings. The second-order valence-corrected chi connectivity index (χ2v) is 6.84. The number of allylic oxidation sites excluding steroid dienone is 1. The van der Waals surface area contributed by atoms with Gasteiger partial charge in [0.15, 0.2) is 5.78 Å². The third kappa shape index (κ3) is 1.69. The molecule has 7 heteroatoms. The van der Waals surface area contributed by atoms with E-state index in [9.17, 15) is 14.9 Å². The molecule has 24 heavy (non-hydrogen) atoms. The lowest BCUT2D eigenvalue weighted by molar-refractivity contribution is -0.123. The first-order valence-corrected chi connectivity index (χ1v) is 8.26. The summed E-state index contributed by atoms with van der Waals surface area (Å²) in [6.07, 6.45) is 1.47. The molecule has 0 aromatic heterocycles. The fraction of sp³-hybridized carbons (Fsp3) is 0.235. The molecule has 1 aromatic carbocycles. The van der Waals surface area contributed by atoms with Crippen LogP contribution in [0.4, 0.5) is 5.69 Å². The SMILES string of the molecule is N#CC1=C(N)OC2=C(C(=O)CCC2)C12C(=O)Nc1ccc(Br)cc12. The van der Waals surface area contributed by atoms with E-state index in [4.69, 9.17) is 10.5 Å². The van der Waals surface area contributed by atoms with Crippen LogP contribution in [0, 0.1) is 11.3 Å². The molecular weight excluding hydrogens is 374 g/mol. The van der Waals surface area contributed by atoms with Crippen molar-refractivity contribution in [3.8, 4) is 6.07 Å². The van der Waals surface area contributed by atoms with Gasteiger partial charge in [-0.15, -0.1) is 0 Å². The Kier molecular flexibility index (Phi) is 3.09. The second kappa shape index (κ2) is 4.95. The van der Waals surface area contributed by atoms with E-state index in [0.717, 1.165) is 4.47 Å². The summed E-state index contributed by atoms with van der Waals surface area (Å²) in [4.78, 5) is 25.7. The Morgan fingerprint density at radius 2 is 2.12 bits per heavy atom.